The minimum Gasteiger partial charge on any atom is -0.481 e. The molecule has 2 amide bonds. The van der Waals surface area contributed by atoms with Gasteiger partial charge in [-0.05, 0) is 24.7 Å². The van der Waals surface area contributed by atoms with Gasteiger partial charge >= 0.3 is 12.0 Å². The lowest BCUT2D eigenvalue weighted by Gasteiger charge is -2.38. The van der Waals surface area contributed by atoms with Gasteiger partial charge in [-0.15, -0.1) is 0 Å². The van der Waals surface area contributed by atoms with E-state index in [1.165, 1.54) is 19.3 Å². The van der Waals surface area contributed by atoms with Gasteiger partial charge in [-0.1, -0.05) is 26.7 Å². The molecule has 1 saturated carbocycles. The maximum Gasteiger partial charge on any atom is 0.320 e. The third-order valence-corrected chi connectivity index (χ3v) is 5.07. The first-order valence-corrected chi connectivity index (χ1v) is 7.66. The summed E-state index contributed by atoms with van der Waals surface area (Å²) in [7, 11) is 1.87. The predicted molar refractivity (Wildman–Crippen MR) is 76.4 cm³/mol. The van der Waals surface area contributed by atoms with E-state index in [2.05, 4.69) is 6.92 Å². The average molecular weight is 282 g/mol. The average Bonchev–Trinajstić information content (AvgIpc) is 2.80. The summed E-state index contributed by atoms with van der Waals surface area (Å²) in [6, 6.07) is 0.301. The highest BCUT2D eigenvalue weighted by Crippen LogP contribution is 2.30. The van der Waals surface area contributed by atoms with Gasteiger partial charge in [0.1, 0.15) is 0 Å². The number of carboxylic acids is 1. The minimum atomic E-state index is -0.790. The van der Waals surface area contributed by atoms with Crippen LogP contribution in [-0.2, 0) is 4.79 Å². The van der Waals surface area contributed by atoms with Crippen molar-refractivity contribution in [3.63, 3.8) is 0 Å². The summed E-state index contributed by atoms with van der Waals surface area (Å²) < 4.78 is 0. The van der Waals surface area contributed by atoms with E-state index in [9.17, 15) is 9.59 Å². The first-order valence-electron chi connectivity index (χ1n) is 7.66. The summed E-state index contributed by atoms with van der Waals surface area (Å²) >= 11 is 0. The van der Waals surface area contributed by atoms with Crippen LogP contribution < -0.4 is 0 Å². The van der Waals surface area contributed by atoms with Crippen LogP contribution in [0.3, 0.4) is 0 Å². The van der Waals surface area contributed by atoms with Gasteiger partial charge in [-0.2, -0.15) is 0 Å². The second-order valence-corrected chi connectivity index (χ2v) is 6.55. The highest BCUT2D eigenvalue weighted by molar-refractivity contribution is 5.77. The van der Waals surface area contributed by atoms with E-state index in [-0.39, 0.29) is 11.9 Å². The molecule has 0 radical (unpaired) electrons. The molecule has 1 saturated heterocycles. The van der Waals surface area contributed by atoms with Crippen LogP contribution in [0.2, 0.25) is 0 Å². The van der Waals surface area contributed by atoms with Gasteiger partial charge in [0.15, 0.2) is 0 Å². The first-order chi connectivity index (χ1) is 9.41. The van der Waals surface area contributed by atoms with Crippen LogP contribution >= 0.6 is 0 Å². The molecule has 2 rings (SSSR count). The molecule has 4 unspecified atom stereocenters. The molecule has 5 nitrogen and oxygen atoms in total. The fraction of sp³-hybridized carbons (Fsp3) is 0.867. The van der Waals surface area contributed by atoms with E-state index >= 15 is 0 Å². The van der Waals surface area contributed by atoms with Crippen molar-refractivity contribution in [3.8, 4) is 0 Å². The number of rotatable bonds is 2. The molecule has 0 aromatic carbocycles. The van der Waals surface area contributed by atoms with Gasteiger partial charge in [0.05, 0.1) is 5.92 Å². The molecule has 0 spiro atoms. The Kier molecular flexibility index (Phi) is 4.55. The largest absolute Gasteiger partial charge is 0.481 e. The summed E-state index contributed by atoms with van der Waals surface area (Å²) in [4.78, 5) is 27.3. The van der Waals surface area contributed by atoms with E-state index in [1.54, 1.807) is 4.90 Å². The summed E-state index contributed by atoms with van der Waals surface area (Å²) in [5.41, 5.74) is 0. The van der Waals surface area contributed by atoms with Crippen molar-refractivity contribution < 1.29 is 14.7 Å². The second-order valence-electron chi connectivity index (χ2n) is 6.55. The van der Waals surface area contributed by atoms with Crippen molar-refractivity contribution in [2.24, 2.45) is 17.8 Å². The second kappa shape index (κ2) is 6.02. The lowest BCUT2D eigenvalue weighted by atomic mass is 9.85. The zero-order valence-electron chi connectivity index (χ0n) is 12.7. The summed E-state index contributed by atoms with van der Waals surface area (Å²) in [6.07, 6.45) is 4.67. The third-order valence-electron chi connectivity index (χ3n) is 5.07. The van der Waals surface area contributed by atoms with E-state index < -0.39 is 11.9 Å². The van der Waals surface area contributed by atoms with E-state index in [0.717, 1.165) is 6.42 Å². The third kappa shape index (κ3) is 2.91. The van der Waals surface area contributed by atoms with Gasteiger partial charge in [0.2, 0.25) is 0 Å². The quantitative estimate of drug-likeness (QED) is 0.845. The number of hydrogen-bond donors (Lipinski definition) is 1. The van der Waals surface area contributed by atoms with Gasteiger partial charge in [-0.25, -0.2) is 4.79 Å². The molecule has 1 N–H and O–H groups in total. The molecule has 0 aromatic heterocycles. The van der Waals surface area contributed by atoms with Crippen molar-refractivity contribution in [2.45, 2.75) is 45.6 Å². The molecular formula is C15H26N2O3. The Morgan fingerprint density at radius 1 is 1.10 bits per heavy atom. The Hall–Kier alpha value is -1.26. The monoisotopic (exact) mass is 282 g/mol. The van der Waals surface area contributed by atoms with Gasteiger partial charge < -0.3 is 14.9 Å². The molecular weight excluding hydrogens is 256 g/mol. The zero-order valence-corrected chi connectivity index (χ0v) is 12.7. The standard InChI is InChI=1S/C15H26N2O3/c1-10-6-4-5-7-13(10)16(3)15(20)17-8-11(2)12(9-17)14(18)19/h10-13H,4-9H2,1-3H3,(H,18,19). The number of carbonyl (C=O) groups excluding carboxylic acids is 1. The van der Waals surface area contributed by atoms with Crippen LogP contribution in [0.5, 0.6) is 0 Å². The molecule has 1 aliphatic carbocycles. The fourth-order valence-corrected chi connectivity index (χ4v) is 3.68. The highest BCUT2D eigenvalue weighted by atomic mass is 16.4. The molecule has 5 heteroatoms. The van der Waals surface area contributed by atoms with Crippen molar-refractivity contribution in [3.05, 3.63) is 0 Å². The van der Waals surface area contributed by atoms with E-state index in [1.807, 2.05) is 18.9 Å². The number of carbonyl (C=O) groups is 2. The van der Waals surface area contributed by atoms with Crippen molar-refractivity contribution in [1.82, 2.24) is 9.80 Å². The summed E-state index contributed by atoms with van der Waals surface area (Å²) in [6.45, 7) is 5.03. The van der Waals surface area contributed by atoms with Crippen LogP contribution in [0.4, 0.5) is 4.79 Å². The summed E-state index contributed by atoms with van der Waals surface area (Å²) in [5.74, 6) is -0.640. The molecule has 2 fully saturated rings. The van der Waals surface area contributed by atoms with Crippen molar-refractivity contribution in [2.75, 3.05) is 20.1 Å². The van der Waals surface area contributed by atoms with Gasteiger partial charge in [-0.3, -0.25) is 4.79 Å². The molecule has 0 aromatic rings. The van der Waals surface area contributed by atoms with Crippen LogP contribution in [0, 0.1) is 17.8 Å². The Balaban J connectivity index is 1.99. The predicted octanol–water partition coefficient (Wildman–Crippen LogP) is 2.27. The lowest BCUT2D eigenvalue weighted by molar-refractivity contribution is -0.142. The van der Waals surface area contributed by atoms with Crippen LogP contribution in [0.25, 0.3) is 0 Å². The van der Waals surface area contributed by atoms with Gasteiger partial charge in [0.25, 0.3) is 0 Å². The van der Waals surface area contributed by atoms with Crippen LogP contribution in [0.15, 0.2) is 0 Å². The van der Waals surface area contributed by atoms with E-state index in [0.29, 0.717) is 25.0 Å². The maximum absolute atomic E-state index is 12.6. The topological polar surface area (TPSA) is 60.9 Å². The molecule has 4 atom stereocenters. The Bertz CT molecular complexity index is 385. The highest BCUT2D eigenvalue weighted by Gasteiger charge is 2.39. The van der Waals surface area contributed by atoms with Crippen molar-refractivity contribution in [1.29, 1.82) is 0 Å². The number of hydrogen-bond acceptors (Lipinski definition) is 2. The van der Waals surface area contributed by atoms with Gasteiger partial charge in [0, 0.05) is 26.2 Å². The normalized spacial score (nSPS) is 34.0. The maximum atomic E-state index is 12.6. The SMILES string of the molecule is CC1CN(C(=O)N(C)C2CCCCC2C)CC1C(=O)O. The molecule has 20 heavy (non-hydrogen) atoms. The fourth-order valence-electron chi connectivity index (χ4n) is 3.68. The van der Waals surface area contributed by atoms with E-state index in [4.69, 9.17) is 5.11 Å². The zero-order chi connectivity index (χ0) is 14.9. The van der Waals surface area contributed by atoms with Crippen LogP contribution in [0.1, 0.15) is 39.5 Å². The molecule has 2 aliphatic rings. The Morgan fingerprint density at radius 3 is 2.30 bits per heavy atom. The first kappa shape index (κ1) is 15.1. The number of carboxylic acid groups (broad SMARTS) is 1. The Morgan fingerprint density at radius 2 is 1.75 bits per heavy atom. The molecule has 114 valence electrons. The molecule has 0 bridgehead atoms. The molecule has 1 aliphatic heterocycles. The van der Waals surface area contributed by atoms with Crippen LogP contribution in [-0.4, -0.2) is 53.1 Å². The number of urea groups is 1. The van der Waals surface area contributed by atoms with Crippen molar-refractivity contribution >= 4 is 12.0 Å². The molecule has 1 heterocycles. The summed E-state index contributed by atoms with van der Waals surface area (Å²) in [5, 5.41) is 9.16. The number of likely N-dealkylation sites (tertiary alicyclic amines) is 1. The smallest absolute Gasteiger partial charge is 0.320 e. The lowest BCUT2D eigenvalue weighted by Crippen LogP contribution is -2.48. The number of nitrogens with zero attached hydrogens (tertiary/aromatic N) is 2. The number of amides is 2. The number of aliphatic carboxylic acids is 1. The minimum absolute atomic E-state index is 0.000602. The Labute approximate surface area is 120 Å².